The van der Waals surface area contributed by atoms with Crippen molar-refractivity contribution in [2.45, 2.75) is 0 Å². The van der Waals surface area contributed by atoms with Gasteiger partial charge in [0.15, 0.2) is 0 Å². The molecule has 0 bridgehead atoms. The molecule has 0 atom stereocenters. The van der Waals surface area contributed by atoms with E-state index in [9.17, 15) is 8.78 Å². The van der Waals surface area contributed by atoms with Crippen LogP contribution in [0.25, 0.3) is 0 Å². The van der Waals surface area contributed by atoms with Crippen LogP contribution >= 0.6 is 0 Å². The maximum atomic E-state index is 11.9. The van der Waals surface area contributed by atoms with Gasteiger partial charge in [0.2, 0.25) is 0 Å². The van der Waals surface area contributed by atoms with Crippen LogP contribution in [0.15, 0.2) is 24.3 Å². The molecule has 0 heterocycles. The molecule has 9 heavy (non-hydrogen) atoms. The maximum Gasteiger partial charge on any atom is 0.126 e. The van der Waals surface area contributed by atoms with Crippen LogP contribution in [0.1, 0.15) is 0 Å². The number of halogens is 2. The average molecular weight is 162 g/mol. The topological polar surface area (TPSA) is 0 Å². The van der Waals surface area contributed by atoms with Crippen LogP contribution in [0.5, 0.6) is 0 Å². The Morgan fingerprint density at radius 3 is 1.67 bits per heavy atom. The predicted octanol–water partition coefficient (Wildman–Crippen LogP) is 1.96. The first-order chi connectivity index (χ1) is 3.79. The van der Waals surface area contributed by atoms with E-state index in [1.165, 1.54) is 18.2 Å². The minimum atomic E-state index is -0.537. The molecule has 0 aliphatic carbocycles. The van der Waals surface area contributed by atoms with E-state index >= 15 is 0 Å². The van der Waals surface area contributed by atoms with E-state index < -0.39 is 11.6 Å². The molecule has 0 unspecified atom stereocenters. The fourth-order valence-electron chi connectivity index (χ4n) is 0.460. The molecule has 0 spiro atoms. The van der Waals surface area contributed by atoms with Crippen molar-refractivity contribution in [2.24, 2.45) is 0 Å². The second kappa shape index (κ2) is 3.75. The molecule has 1 rings (SSSR count). The average Bonchev–Trinajstić information content (AvgIpc) is 1.64. The summed E-state index contributed by atoms with van der Waals surface area (Å²) >= 11 is 0. The Balaban J connectivity index is 0.000000640. The zero-order valence-electron chi connectivity index (χ0n) is 4.57. The Hall–Kier alpha value is -0.206. The number of hydrogen-bond acceptors (Lipinski definition) is 0. The van der Waals surface area contributed by atoms with Crippen molar-refractivity contribution in [1.29, 1.82) is 0 Å². The number of benzene rings is 1. The third-order valence-corrected chi connectivity index (χ3v) is 0.787. The van der Waals surface area contributed by atoms with E-state index in [1.807, 2.05) is 0 Å². The normalized spacial score (nSPS) is 8.22. The molecule has 3 heteroatoms. The second-order valence-corrected chi connectivity index (χ2v) is 1.44. The first-order valence-corrected chi connectivity index (χ1v) is 2.20. The molecule has 1 aromatic rings. The zero-order chi connectivity index (χ0) is 5.98. The molecule has 0 nitrogen and oxygen atoms in total. The third-order valence-electron chi connectivity index (χ3n) is 0.787. The Morgan fingerprint density at radius 2 is 1.44 bits per heavy atom. The van der Waals surface area contributed by atoms with Gasteiger partial charge >= 0.3 is 0 Å². The summed E-state index contributed by atoms with van der Waals surface area (Å²) < 4.78 is 23.9. The summed E-state index contributed by atoms with van der Waals surface area (Å²) in [6.07, 6.45) is 0. The molecule has 0 saturated heterocycles. The van der Waals surface area contributed by atoms with Gasteiger partial charge in [-0.05, 0) is 12.1 Å². The fraction of sp³-hybridized carbons (Fsp3) is 0. The molecule has 0 N–H and O–H groups in total. The van der Waals surface area contributed by atoms with Crippen LogP contribution in [-0.4, -0.2) is 0 Å². The van der Waals surface area contributed by atoms with Gasteiger partial charge in [-0.2, -0.15) is 0 Å². The van der Waals surface area contributed by atoms with E-state index in [0.717, 1.165) is 6.07 Å². The van der Waals surface area contributed by atoms with Crippen LogP contribution in [0, 0.1) is 11.6 Å². The van der Waals surface area contributed by atoms with Crippen molar-refractivity contribution in [2.75, 3.05) is 0 Å². The fourth-order valence-corrected chi connectivity index (χ4v) is 0.460. The molecule has 0 saturated carbocycles. The Labute approximate surface area is 66.8 Å². The minimum Gasteiger partial charge on any atom is -0.207 e. The molecule has 0 amide bonds. The van der Waals surface area contributed by atoms with Crippen molar-refractivity contribution in [3.05, 3.63) is 35.9 Å². The molecule has 46 valence electrons. The van der Waals surface area contributed by atoms with Crippen molar-refractivity contribution in [3.63, 3.8) is 0 Å². The van der Waals surface area contributed by atoms with Crippen molar-refractivity contribution >= 4 is 0 Å². The molecule has 0 aromatic heterocycles. The van der Waals surface area contributed by atoms with Crippen molar-refractivity contribution in [3.8, 4) is 0 Å². The summed E-state index contributed by atoms with van der Waals surface area (Å²) in [6.45, 7) is 0. The van der Waals surface area contributed by atoms with Gasteiger partial charge in [-0.3, -0.25) is 0 Å². The predicted molar refractivity (Wildman–Crippen MR) is 26.4 cm³/mol. The second-order valence-electron chi connectivity index (χ2n) is 1.44. The Kier molecular flexibility index (Phi) is 3.67. The SMILES string of the molecule is Fc1cccc(F)c1.[Ti]. The Bertz CT molecular complexity index is 171. The molecular weight excluding hydrogens is 158 g/mol. The third kappa shape index (κ3) is 2.73. The molecule has 0 fully saturated rings. The first kappa shape index (κ1) is 8.79. The van der Waals surface area contributed by atoms with Crippen LogP contribution in [0.3, 0.4) is 0 Å². The molecular formula is C6H4F2Ti. The van der Waals surface area contributed by atoms with Gasteiger partial charge in [-0.15, -0.1) is 0 Å². The van der Waals surface area contributed by atoms with Gasteiger partial charge in [0.25, 0.3) is 0 Å². The summed E-state index contributed by atoms with van der Waals surface area (Å²) in [5, 5.41) is 0. The summed E-state index contributed by atoms with van der Waals surface area (Å²) in [5.41, 5.74) is 0. The van der Waals surface area contributed by atoms with Crippen molar-refractivity contribution < 1.29 is 30.5 Å². The number of hydrogen-bond donors (Lipinski definition) is 0. The summed E-state index contributed by atoms with van der Waals surface area (Å²) in [6, 6.07) is 4.55. The van der Waals surface area contributed by atoms with Crippen LogP contribution < -0.4 is 0 Å². The Morgan fingerprint density at radius 1 is 1.00 bits per heavy atom. The zero-order valence-corrected chi connectivity index (χ0v) is 6.13. The van der Waals surface area contributed by atoms with Gasteiger partial charge in [0, 0.05) is 27.8 Å². The molecule has 0 aliphatic rings. The molecule has 1 aromatic carbocycles. The van der Waals surface area contributed by atoms with Gasteiger partial charge in [0.1, 0.15) is 11.6 Å². The summed E-state index contributed by atoms with van der Waals surface area (Å²) in [7, 11) is 0. The van der Waals surface area contributed by atoms with Crippen LogP contribution in [-0.2, 0) is 21.7 Å². The largest absolute Gasteiger partial charge is 0.207 e. The van der Waals surface area contributed by atoms with Gasteiger partial charge in [-0.1, -0.05) is 6.07 Å². The standard InChI is InChI=1S/C6H4F2.Ti/c7-5-2-1-3-6(8)4-5;/h1-4H;. The van der Waals surface area contributed by atoms with Crippen molar-refractivity contribution in [1.82, 2.24) is 0 Å². The molecule has 0 aliphatic heterocycles. The van der Waals surface area contributed by atoms with E-state index in [0.29, 0.717) is 0 Å². The maximum absolute atomic E-state index is 11.9. The quantitative estimate of drug-likeness (QED) is 0.511. The van der Waals surface area contributed by atoms with E-state index in [1.54, 1.807) is 0 Å². The monoisotopic (exact) mass is 162 g/mol. The van der Waals surface area contributed by atoms with E-state index in [4.69, 9.17) is 0 Å². The minimum absolute atomic E-state index is 0. The van der Waals surface area contributed by atoms with Gasteiger partial charge < -0.3 is 0 Å². The van der Waals surface area contributed by atoms with E-state index in [-0.39, 0.29) is 21.7 Å². The number of rotatable bonds is 0. The molecule has 0 radical (unpaired) electrons. The van der Waals surface area contributed by atoms with E-state index in [2.05, 4.69) is 0 Å². The van der Waals surface area contributed by atoms with Gasteiger partial charge in [0.05, 0.1) is 0 Å². The first-order valence-electron chi connectivity index (χ1n) is 2.20. The van der Waals surface area contributed by atoms with Crippen LogP contribution in [0.2, 0.25) is 0 Å². The van der Waals surface area contributed by atoms with Crippen LogP contribution in [0.4, 0.5) is 8.78 Å². The smallest absolute Gasteiger partial charge is 0.126 e. The summed E-state index contributed by atoms with van der Waals surface area (Å²) in [4.78, 5) is 0. The summed E-state index contributed by atoms with van der Waals surface area (Å²) in [5.74, 6) is -1.07. The van der Waals surface area contributed by atoms with Gasteiger partial charge in [-0.25, -0.2) is 8.78 Å².